The normalized spacial score (nSPS) is 15.1. The molecule has 1 aliphatic rings. The van der Waals surface area contributed by atoms with Crippen LogP contribution in [0, 0.1) is 0 Å². The number of nitrogens with zero attached hydrogens (tertiary/aromatic N) is 4. The van der Waals surface area contributed by atoms with E-state index in [1.807, 2.05) is 4.90 Å². The van der Waals surface area contributed by atoms with E-state index in [9.17, 15) is 0 Å². The lowest BCUT2D eigenvalue weighted by Gasteiger charge is -2.26. The highest BCUT2D eigenvalue weighted by Gasteiger charge is 2.16. The van der Waals surface area contributed by atoms with Crippen molar-refractivity contribution in [2.24, 2.45) is 5.84 Å². The fraction of sp³-hybridized carbons (Fsp3) is 0.545. The smallest absolute Gasteiger partial charge is 0.323 e. The van der Waals surface area contributed by atoms with Crippen LogP contribution >= 0.6 is 0 Å². The average molecular weight is 266 g/mol. The molecule has 0 aliphatic carbocycles. The Morgan fingerprint density at radius 2 is 2.16 bits per heavy atom. The van der Waals surface area contributed by atoms with Crippen LogP contribution in [0.5, 0.6) is 6.01 Å². The molecule has 0 saturated carbocycles. The van der Waals surface area contributed by atoms with E-state index in [0.717, 1.165) is 19.5 Å². The van der Waals surface area contributed by atoms with Crippen LogP contribution in [0.4, 0.5) is 11.9 Å². The second kappa shape index (κ2) is 6.86. The van der Waals surface area contributed by atoms with Gasteiger partial charge in [0.1, 0.15) is 0 Å². The van der Waals surface area contributed by atoms with Crippen LogP contribution in [0.15, 0.2) is 12.7 Å². The number of nitrogens with two attached hydrogens (primary N) is 1. The first-order chi connectivity index (χ1) is 9.33. The SMILES string of the molecule is C=CCCOc1nc(NN)nc(N2CCOCC2)n1. The number of morpholine rings is 1. The minimum Gasteiger partial charge on any atom is -0.463 e. The molecule has 0 bridgehead atoms. The number of nitrogen functional groups attached to an aromatic ring is 1. The molecule has 1 saturated heterocycles. The van der Waals surface area contributed by atoms with Gasteiger partial charge in [-0.3, -0.25) is 5.43 Å². The number of nitrogens with one attached hydrogen (secondary N) is 1. The Kier molecular flexibility index (Phi) is 4.87. The quantitative estimate of drug-likeness (QED) is 0.320. The Hall–Kier alpha value is -1.93. The number of hydrogen-bond acceptors (Lipinski definition) is 8. The van der Waals surface area contributed by atoms with Crippen molar-refractivity contribution in [3.05, 3.63) is 12.7 Å². The Balaban J connectivity index is 2.12. The zero-order valence-corrected chi connectivity index (χ0v) is 10.7. The predicted octanol–water partition coefficient (Wildman–Crippen LogP) is -0.0513. The molecule has 19 heavy (non-hydrogen) atoms. The minimum absolute atomic E-state index is 0.256. The number of aromatic nitrogens is 3. The Bertz CT molecular complexity index is 422. The minimum atomic E-state index is 0.256. The van der Waals surface area contributed by atoms with Crippen LogP contribution in [0.25, 0.3) is 0 Å². The van der Waals surface area contributed by atoms with Crippen LogP contribution in [0.3, 0.4) is 0 Å². The van der Waals surface area contributed by atoms with Gasteiger partial charge in [0.15, 0.2) is 0 Å². The van der Waals surface area contributed by atoms with Crippen molar-refractivity contribution >= 4 is 11.9 Å². The van der Waals surface area contributed by atoms with Gasteiger partial charge in [-0.15, -0.1) is 6.58 Å². The van der Waals surface area contributed by atoms with Gasteiger partial charge in [-0.05, 0) is 6.42 Å². The van der Waals surface area contributed by atoms with Crippen molar-refractivity contribution in [1.29, 1.82) is 0 Å². The molecule has 104 valence electrons. The maximum atomic E-state index is 5.43. The van der Waals surface area contributed by atoms with Crippen molar-refractivity contribution in [3.63, 3.8) is 0 Å². The highest BCUT2D eigenvalue weighted by atomic mass is 16.5. The Labute approximate surface area is 111 Å². The molecular weight excluding hydrogens is 248 g/mol. The van der Waals surface area contributed by atoms with Gasteiger partial charge in [0.05, 0.1) is 19.8 Å². The van der Waals surface area contributed by atoms with Gasteiger partial charge in [-0.25, -0.2) is 5.84 Å². The lowest BCUT2D eigenvalue weighted by Crippen LogP contribution is -2.37. The van der Waals surface area contributed by atoms with Crippen molar-refractivity contribution < 1.29 is 9.47 Å². The molecule has 0 amide bonds. The second-order valence-corrected chi connectivity index (χ2v) is 3.91. The van der Waals surface area contributed by atoms with E-state index in [2.05, 4.69) is 27.0 Å². The average Bonchev–Trinajstić information content (AvgIpc) is 2.48. The molecule has 8 heteroatoms. The molecule has 0 spiro atoms. The van der Waals surface area contributed by atoms with E-state index < -0.39 is 0 Å². The summed E-state index contributed by atoms with van der Waals surface area (Å²) in [5.74, 6) is 6.18. The van der Waals surface area contributed by atoms with E-state index >= 15 is 0 Å². The Morgan fingerprint density at radius 3 is 2.84 bits per heavy atom. The first kappa shape index (κ1) is 13.5. The van der Waals surface area contributed by atoms with Crippen LogP contribution in [-0.2, 0) is 4.74 Å². The van der Waals surface area contributed by atoms with Crippen LogP contribution in [-0.4, -0.2) is 47.9 Å². The van der Waals surface area contributed by atoms with Crippen molar-refractivity contribution in [3.8, 4) is 6.01 Å². The molecule has 2 rings (SSSR count). The summed E-state index contributed by atoms with van der Waals surface area (Å²) in [6, 6.07) is 0.256. The molecule has 1 aliphatic heterocycles. The highest BCUT2D eigenvalue weighted by Crippen LogP contribution is 2.15. The number of ether oxygens (including phenoxy) is 2. The molecule has 0 unspecified atom stereocenters. The highest BCUT2D eigenvalue weighted by molar-refractivity contribution is 5.38. The molecule has 3 N–H and O–H groups in total. The molecule has 0 radical (unpaired) electrons. The van der Waals surface area contributed by atoms with E-state index in [1.165, 1.54) is 0 Å². The van der Waals surface area contributed by atoms with E-state index in [4.69, 9.17) is 15.3 Å². The van der Waals surface area contributed by atoms with Gasteiger partial charge < -0.3 is 14.4 Å². The lowest BCUT2D eigenvalue weighted by molar-refractivity contribution is 0.122. The Morgan fingerprint density at radius 1 is 1.37 bits per heavy atom. The summed E-state index contributed by atoms with van der Waals surface area (Å²) < 4.78 is 10.7. The number of rotatable bonds is 6. The van der Waals surface area contributed by atoms with Crippen molar-refractivity contribution in [1.82, 2.24) is 15.0 Å². The molecule has 2 heterocycles. The summed E-state index contributed by atoms with van der Waals surface area (Å²) in [5, 5.41) is 0. The molecule has 0 atom stereocenters. The third-order valence-electron chi connectivity index (χ3n) is 2.58. The van der Waals surface area contributed by atoms with Gasteiger partial charge in [-0.1, -0.05) is 6.08 Å². The maximum Gasteiger partial charge on any atom is 0.323 e. The monoisotopic (exact) mass is 266 g/mol. The first-order valence-electron chi connectivity index (χ1n) is 6.12. The zero-order chi connectivity index (χ0) is 13.5. The van der Waals surface area contributed by atoms with Crippen LogP contribution in [0.1, 0.15) is 6.42 Å². The molecule has 1 aromatic heterocycles. The fourth-order valence-electron chi connectivity index (χ4n) is 1.61. The zero-order valence-electron chi connectivity index (χ0n) is 10.7. The molecule has 1 fully saturated rings. The summed E-state index contributed by atoms with van der Waals surface area (Å²) in [6.45, 7) is 6.89. The maximum absolute atomic E-state index is 5.43. The van der Waals surface area contributed by atoms with Crippen LogP contribution < -0.4 is 20.9 Å². The molecular formula is C11H18N6O2. The van der Waals surface area contributed by atoms with Gasteiger partial charge in [0.25, 0.3) is 0 Å². The summed E-state index contributed by atoms with van der Waals surface area (Å²) in [5.41, 5.74) is 2.42. The third kappa shape index (κ3) is 3.76. The first-order valence-corrected chi connectivity index (χ1v) is 6.12. The van der Waals surface area contributed by atoms with Gasteiger partial charge in [-0.2, -0.15) is 15.0 Å². The van der Waals surface area contributed by atoms with Crippen molar-refractivity contribution in [2.75, 3.05) is 43.2 Å². The van der Waals surface area contributed by atoms with Crippen molar-refractivity contribution in [2.45, 2.75) is 6.42 Å². The van der Waals surface area contributed by atoms with E-state index in [1.54, 1.807) is 6.08 Å². The summed E-state index contributed by atoms with van der Waals surface area (Å²) in [7, 11) is 0. The number of anilines is 2. The summed E-state index contributed by atoms with van der Waals surface area (Å²) >= 11 is 0. The molecule has 8 nitrogen and oxygen atoms in total. The standard InChI is InChI=1S/C11H18N6O2/c1-2-3-6-19-11-14-9(16-12)13-10(15-11)17-4-7-18-8-5-17/h2H,1,3-8,12H2,(H,13,14,15,16). The van der Waals surface area contributed by atoms with E-state index in [0.29, 0.717) is 25.8 Å². The van der Waals surface area contributed by atoms with E-state index in [-0.39, 0.29) is 12.0 Å². The van der Waals surface area contributed by atoms with Gasteiger partial charge in [0.2, 0.25) is 11.9 Å². The largest absolute Gasteiger partial charge is 0.463 e. The van der Waals surface area contributed by atoms with Gasteiger partial charge in [0, 0.05) is 13.1 Å². The summed E-state index contributed by atoms with van der Waals surface area (Å²) in [4.78, 5) is 14.5. The lowest BCUT2D eigenvalue weighted by atomic mass is 10.4. The topological polar surface area (TPSA) is 98.4 Å². The summed E-state index contributed by atoms with van der Waals surface area (Å²) in [6.07, 6.45) is 2.50. The number of hydrogen-bond donors (Lipinski definition) is 2. The molecule has 1 aromatic rings. The number of hydrazine groups is 1. The fourth-order valence-corrected chi connectivity index (χ4v) is 1.61. The predicted molar refractivity (Wildman–Crippen MR) is 71.0 cm³/mol. The van der Waals surface area contributed by atoms with Gasteiger partial charge >= 0.3 is 6.01 Å². The molecule has 0 aromatic carbocycles. The third-order valence-corrected chi connectivity index (χ3v) is 2.58. The van der Waals surface area contributed by atoms with Crippen LogP contribution in [0.2, 0.25) is 0 Å². The second-order valence-electron chi connectivity index (χ2n) is 3.91.